The molecule has 1 fully saturated rings. The predicted molar refractivity (Wildman–Crippen MR) is 86.1 cm³/mol. The average Bonchev–Trinajstić information content (AvgIpc) is 2.46. The third-order valence-electron chi connectivity index (χ3n) is 3.75. The summed E-state index contributed by atoms with van der Waals surface area (Å²) in [6, 6.07) is 0. The molecule has 1 heterocycles. The summed E-state index contributed by atoms with van der Waals surface area (Å²) in [4.78, 5) is 28.0. The first-order valence-electron chi connectivity index (χ1n) is 7.79. The Labute approximate surface area is 132 Å². The summed E-state index contributed by atoms with van der Waals surface area (Å²) in [7, 11) is 0. The second-order valence-corrected chi connectivity index (χ2v) is 5.48. The van der Waals surface area contributed by atoms with Crippen molar-refractivity contribution in [3.05, 3.63) is 12.7 Å². The molecule has 0 bridgehead atoms. The fourth-order valence-electron chi connectivity index (χ4n) is 2.50. The van der Waals surface area contributed by atoms with Crippen molar-refractivity contribution in [3.8, 4) is 0 Å². The topological polar surface area (TPSA) is 76.1 Å². The molecule has 7 nitrogen and oxygen atoms in total. The van der Waals surface area contributed by atoms with Gasteiger partial charge in [0.1, 0.15) is 6.29 Å². The largest absolute Gasteiger partial charge is 0.480 e. The molecule has 22 heavy (non-hydrogen) atoms. The molecule has 0 aromatic carbocycles. The van der Waals surface area contributed by atoms with Crippen LogP contribution in [0.15, 0.2) is 12.7 Å². The molecule has 1 aliphatic rings. The zero-order valence-corrected chi connectivity index (χ0v) is 13.2. The highest BCUT2D eigenvalue weighted by Crippen LogP contribution is 1.97. The SMILES string of the molecule is C=CCN1CCN(CC=O)CCNCCN(CC(=O)O)CC1. The maximum Gasteiger partial charge on any atom is 0.317 e. The third-order valence-corrected chi connectivity index (χ3v) is 3.75. The van der Waals surface area contributed by atoms with E-state index in [0.717, 1.165) is 58.6 Å². The zero-order chi connectivity index (χ0) is 16.2. The Kier molecular flexibility index (Phi) is 9.65. The van der Waals surface area contributed by atoms with Crippen molar-refractivity contribution < 1.29 is 14.7 Å². The van der Waals surface area contributed by atoms with Gasteiger partial charge in [0, 0.05) is 58.9 Å². The molecule has 0 amide bonds. The lowest BCUT2D eigenvalue weighted by molar-refractivity contribution is -0.138. The fraction of sp³-hybridized carbons (Fsp3) is 0.733. The minimum atomic E-state index is -0.792. The van der Waals surface area contributed by atoms with Crippen LogP contribution in [0, 0.1) is 0 Å². The molecule has 0 spiro atoms. The molecule has 0 unspecified atom stereocenters. The number of carbonyl (C=O) groups is 2. The van der Waals surface area contributed by atoms with Gasteiger partial charge in [-0.3, -0.25) is 19.5 Å². The molecule has 0 aliphatic carbocycles. The van der Waals surface area contributed by atoms with Crippen molar-refractivity contribution >= 4 is 12.3 Å². The summed E-state index contributed by atoms with van der Waals surface area (Å²) in [6.07, 6.45) is 2.80. The molecule has 126 valence electrons. The number of rotatable bonds is 6. The van der Waals surface area contributed by atoms with E-state index in [4.69, 9.17) is 5.11 Å². The molecular formula is C15H28N4O3. The third kappa shape index (κ3) is 8.23. The molecule has 0 saturated carbocycles. The molecule has 1 aliphatic heterocycles. The van der Waals surface area contributed by atoms with E-state index in [9.17, 15) is 9.59 Å². The van der Waals surface area contributed by atoms with Gasteiger partial charge < -0.3 is 15.2 Å². The summed E-state index contributed by atoms with van der Waals surface area (Å²) < 4.78 is 0. The van der Waals surface area contributed by atoms with Crippen molar-refractivity contribution in [1.82, 2.24) is 20.0 Å². The predicted octanol–water partition coefficient (Wildman–Crippen LogP) is -1.03. The van der Waals surface area contributed by atoms with Crippen molar-refractivity contribution in [1.29, 1.82) is 0 Å². The maximum atomic E-state index is 10.9. The van der Waals surface area contributed by atoms with E-state index in [2.05, 4.69) is 21.7 Å². The number of hydrogen-bond donors (Lipinski definition) is 2. The van der Waals surface area contributed by atoms with Gasteiger partial charge in [0.05, 0.1) is 13.1 Å². The standard InChI is InChI=1S/C15H28N4O3/c1-2-5-17-8-9-18(12-13-20)6-3-16-4-7-19(11-10-17)14-15(21)22/h2,13,16H,1,3-12,14H2,(H,21,22). The lowest BCUT2D eigenvalue weighted by Gasteiger charge is -2.29. The number of carboxylic acids is 1. The van der Waals surface area contributed by atoms with Gasteiger partial charge in [-0.25, -0.2) is 0 Å². The van der Waals surface area contributed by atoms with Gasteiger partial charge in [0.2, 0.25) is 0 Å². The van der Waals surface area contributed by atoms with E-state index in [0.29, 0.717) is 13.1 Å². The number of carbonyl (C=O) groups excluding carboxylic acids is 1. The van der Waals surface area contributed by atoms with Crippen LogP contribution in [-0.2, 0) is 9.59 Å². The van der Waals surface area contributed by atoms with Gasteiger partial charge in [0.25, 0.3) is 0 Å². The first-order chi connectivity index (χ1) is 10.7. The van der Waals surface area contributed by atoms with Gasteiger partial charge >= 0.3 is 5.97 Å². The Morgan fingerprint density at radius 1 is 1.00 bits per heavy atom. The Morgan fingerprint density at radius 3 is 2.09 bits per heavy atom. The first kappa shape index (κ1) is 18.8. The molecule has 7 heteroatoms. The monoisotopic (exact) mass is 312 g/mol. The molecule has 1 saturated heterocycles. The van der Waals surface area contributed by atoms with Crippen molar-refractivity contribution in [2.24, 2.45) is 0 Å². The van der Waals surface area contributed by atoms with E-state index >= 15 is 0 Å². The minimum Gasteiger partial charge on any atom is -0.480 e. The van der Waals surface area contributed by atoms with Gasteiger partial charge in [-0.2, -0.15) is 0 Å². The van der Waals surface area contributed by atoms with Crippen LogP contribution in [0.4, 0.5) is 0 Å². The number of nitrogens with one attached hydrogen (secondary N) is 1. The molecule has 0 radical (unpaired) electrons. The van der Waals surface area contributed by atoms with Crippen LogP contribution in [0.2, 0.25) is 0 Å². The Morgan fingerprint density at radius 2 is 1.55 bits per heavy atom. The normalized spacial score (nSPS) is 20.7. The van der Waals surface area contributed by atoms with Crippen LogP contribution in [0.25, 0.3) is 0 Å². The number of hydrogen-bond acceptors (Lipinski definition) is 6. The zero-order valence-electron chi connectivity index (χ0n) is 13.2. The van der Waals surface area contributed by atoms with Crippen molar-refractivity contribution in [2.45, 2.75) is 0 Å². The van der Waals surface area contributed by atoms with Crippen LogP contribution in [0.5, 0.6) is 0 Å². The first-order valence-corrected chi connectivity index (χ1v) is 7.79. The van der Waals surface area contributed by atoms with Gasteiger partial charge in [-0.1, -0.05) is 6.08 Å². The molecule has 0 aromatic rings. The second-order valence-electron chi connectivity index (χ2n) is 5.48. The summed E-state index contributed by atoms with van der Waals surface area (Å²) >= 11 is 0. The number of aliphatic carboxylic acids is 1. The molecule has 0 atom stereocenters. The van der Waals surface area contributed by atoms with Gasteiger partial charge in [-0.15, -0.1) is 6.58 Å². The summed E-state index contributed by atoms with van der Waals surface area (Å²) in [5, 5.41) is 12.3. The number of nitrogens with zero attached hydrogens (tertiary/aromatic N) is 3. The van der Waals surface area contributed by atoms with E-state index in [1.165, 1.54) is 0 Å². The van der Waals surface area contributed by atoms with Crippen LogP contribution in [-0.4, -0.2) is 104 Å². The molecule has 2 N–H and O–H groups in total. The fourth-order valence-corrected chi connectivity index (χ4v) is 2.50. The highest BCUT2D eigenvalue weighted by molar-refractivity contribution is 5.69. The lowest BCUT2D eigenvalue weighted by Crippen LogP contribution is -2.46. The summed E-state index contributed by atoms with van der Waals surface area (Å²) in [5.41, 5.74) is 0. The summed E-state index contributed by atoms with van der Waals surface area (Å²) in [6.45, 7) is 11.4. The quantitative estimate of drug-likeness (QED) is 0.479. The van der Waals surface area contributed by atoms with Gasteiger partial charge in [-0.05, 0) is 0 Å². The van der Waals surface area contributed by atoms with Gasteiger partial charge in [0.15, 0.2) is 0 Å². The van der Waals surface area contributed by atoms with Crippen LogP contribution in [0.1, 0.15) is 0 Å². The molecule has 1 rings (SSSR count). The second kappa shape index (κ2) is 11.3. The summed E-state index contributed by atoms with van der Waals surface area (Å²) in [5.74, 6) is -0.792. The van der Waals surface area contributed by atoms with Crippen LogP contribution < -0.4 is 5.32 Å². The lowest BCUT2D eigenvalue weighted by atomic mass is 10.3. The van der Waals surface area contributed by atoms with E-state index in [-0.39, 0.29) is 6.54 Å². The minimum absolute atomic E-state index is 0.0703. The highest BCUT2D eigenvalue weighted by atomic mass is 16.4. The Hall–Kier alpha value is -1.28. The highest BCUT2D eigenvalue weighted by Gasteiger charge is 2.14. The number of carboxylic acid groups (broad SMARTS) is 1. The smallest absolute Gasteiger partial charge is 0.317 e. The molecular weight excluding hydrogens is 284 g/mol. The maximum absolute atomic E-state index is 10.9. The number of aldehydes is 1. The van der Waals surface area contributed by atoms with E-state index < -0.39 is 5.97 Å². The van der Waals surface area contributed by atoms with Crippen molar-refractivity contribution in [2.75, 3.05) is 72.0 Å². The van der Waals surface area contributed by atoms with Crippen molar-refractivity contribution in [3.63, 3.8) is 0 Å². The Balaban J connectivity index is 2.60. The van der Waals surface area contributed by atoms with Crippen LogP contribution in [0.3, 0.4) is 0 Å². The van der Waals surface area contributed by atoms with E-state index in [1.54, 1.807) is 0 Å². The average molecular weight is 312 g/mol. The van der Waals surface area contributed by atoms with E-state index in [1.807, 2.05) is 11.0 Å². The molecule has 0 aromatic heterocycles. The Bertz CT molecular complexity index is 352. The van der Waals surface area contributed by atoms with Crippen LogP contribution >= 0.6 is 0 Å².